The molecule has 0 spiro atoms. The van der Waals surface area contributed by atoms with Gasteiger partial charge in [0, 0.05) is 6.61 Å². The molecule has 0 aromatic rings. The summed E-state index contributed by atoms with van der Waals surface area (Å²) >= 11 is 0. The third-order valence-corrected chi connectivity index (χ3v) is 2.95. The number of unbranched alkanes of at least 4 members (excludes halogenated alkanes) is 1. The number of aliphatic hydroxyl groups is 2. The molecular formula is C17H34O9. The van der Waals surface area contributed by atoms with Gasteiger partial charge in [0.1, 0.15) is 0 Å². The van der Waals surface area contributed by atoms with Crippen molar-refractivity contribution in [3.8, 4) is 0 Å². The molecule has 4 atom stereocenters. The fourth-order valence-electron chi connectivity index (χ4n) is 1.45. The van der Waals surface area contributed by atoms with Gasteiger partial charge in [0.05, 0.1) is 44.6 Å². The Balaban J connectivity index is 0. The van der Waals surface area contributed by atoms with Gasteiger partial charge < -0.3 is 34.6 Å². The summed E-state index contributed by atoms with van der Waals surface area (Å²) in [6.07, 6.45) is -0.732. The third-order valence-electron chi connectivity index (χ3n) is 2.95. The van der Waals surface area contributed by atoms with E-state index in [2.05, 4.69) is 0 Å². The number of aliphatic hydroxyl groups excluding tert-OH is 2. The Morgan fingerprint density at radius 1 is 0.962 bits per heavy atom. The third kappa shape index (κ3) is 19.1. The highest BCUT2D eigenvalue weighted by Gasteiger charge is 2.21. The van der Waals surface area contributed by atoms with Crippen LogP contribution in [0.5, 0.6) is 0 Å². The molecule has 9 nitrogen and oxygen atoms in total. The Morgan fingerprint density at radius 2 is 1.54 bits per heavy atom. The Kier molecular flexibility index (Phi) is 17.8. The lowest BCUT2D eigenvalue weighted by molar-refractivity contribution is -0.156. The molecule has 4 unspecified atom stereocenters. The molecule has 0 saturated heterocycles. The molecule has 26 heavy (non-hydrogen) atoms. The average molecular weight is 382 g/mol. The molecular weight excluding hydrogens is 348 g/mol. The predicted molar refractivity (Wildman–Crippen MR) is 94.1 cm³/mol. The van der Waals surface area contributed by atoms with Gasteiger partial charge in [-0.3, -0.25) is 4.79 Å². The lowest BCUT2D eigenvalue weighted by Gasteiger charge is -2.16. The maximum absolute atomic E-state index is 10.4. The van der Waals surface area contributed by atoms with Gasteiger partial charge in [0.15, 0.2) is 6.10 Å². The van der Waals surface area contributed by atoms with Gasteiger partial charge in [0.2, 0.25) is 0 Å². The Morgan fingerprint density at radius 3 is 1.96 bits per heavy atom. The van der Waals surface area contributed by atoms with Crippen molar-refractivity contribution in [2.24, 2.45) is 0 Å². The summed E-state index contributed by atoms with van der Waals surface area (Å²) in [6, 6.07) is 0. The number of carboxylic acids is 2. The van der Waals surface area contributed by atoms with Gasteiger partial charge in [-0.2, -0.15) is 0 Å². The molecule has 0 aliphatic carbocycles. The van der Waals surface area contributed by atoms with Crippen LogP contribution in [0.25, 0.3) is 0 Å². The van der Waals surface area contributed by atoms with Crippen molar-refractivity contribution in [2.75, 3.05) is 26.4 Å². The van der Waals surface area contributed by atoms with Crippen LogP contribution >= 0.6 is 0 Å². The smallest absolute Gasteiger partial charge is 0.333 e. The van der Waals surface area contributed by atoms with Crippen molar-refractivity contribution < 1.29 is 44.2 Å². The summed E-state index contributed by atoms with van der Waals surface area (Å²) < 4.78 is 15.3. The van der Waals surface area contributed by atoms with E-state index in [0.717, 1.165) is 12.8 Å². The minimum absolute atomic E-state index is 0.0170. The molecule has 156 valence electrons. The SMILES string of the molecule is CC(O)COC(C)COC(C)CO.CCCCOC(CC(=O)O)C(=O)O. The van der Waals surface area contributed by atoms with E-state index in [4.69, 9.17) is 34.6 Å². The minimum Gasteiger partial charge on any atom is -0.481 e. The van der Waals surface area contributed by atoms with Gasteiger partial charge in [-0.25, -0.2) is 4.79 Å². The van der Waals surface area contributed by atoms with Gasteiger partial charge in [0.25, 0.3) is 0 Å². The Hall–Kier alpha value is -1.26. The Bertz CT molecular complexity index is 360. The molecule has 0 fully saturated rings. The van der Waals surface area contributed by atoms with Crippen LogP contribution in [0.4, 0.5) is 0 Å². The fraction of sp³-hybridized carbons (Fsp3) is 0.882. The van der Waals surface area contributed by atoms with Crippen molar-refractivity contribution in [1.82, 2.24) is 0 Å². The standard InChI is InChI=1S/C9H20O4.C8H14O5/c1-7(11)5-12-9(3)6-13-8(2)4-10;1-2-3-4-13-6(8(11)12)5-7(9)10/h7-11H,4-6H2,1-3H3;6H,2-5H2,1H3,(H,9,10)(H,11,12). The molecule has 0 aromatic heterocycles. The second-order valence-electron chi connectivity index (χ2n) is 5.97. The molecule has 0 saturated carbocycles. The minimum atomic E-state index is -1.22. The number of carboxylic acid groups (broad SMARTS) is 2. The number of ether oxygens (including phenoxy) is 3. The lowest BCUT2D eigenvalue weighted by Crippen LogP contribution is -2.27. The summed E-state index contributed by atoms with van der Waals surface area (Å²) in [7, 11) is 0. The maximum atomic E-state index is 10.4. The number of hydrogen-bond donors (Lipinski definition) is 4. The summed E-state index contributed by atoms with van der Waals surface area (Å²) in [4.78, 5) is 20.6. The molecule has 0 aliphatic rings. The average Bonchev–Trinajstić information content (AvgIpc) is 2.57. The molecule has 0 aliphatic heterocycles. The molecule has 9 heteroatoms. The van der Waals surface area contributed by atoms with Crippen molar-refractivity contribution in [3.05, 3.63) is 0 Å². The summed E-state index contributed by atoms with van der Waals surface area (Å²) in [5.74, 6) is -2.39. The number of carbonyl (C=O) groups is 2. The Labute approximate surface area is 154 Å². The highest BCUT2D eigenvalue weighted by Crippen LogP contribution is 2.01. The van der Waals surface area contributed by atoms with Crippen LogP contribution in [-0.4, -0.2) is 83.2 Å². The predicted octanol–water partition coefficient (Wildman–Crippen LogP) is 0.901. The molecule has 0 radical (unpaired) electrons. The van der Waals surface area contributed by atoms with E-state index in [-0.39, 0.29) is 18.8 Å². The molecule has 0 rings (SSSR count). The van der Waals surface area contributed by atoms with Gasteiger partial charge in [-0.05, 0) is 27.2 Å². The van der Waals surface area contributed by atoms with E-state index >= 15 is 0 Å². The van der Waals surface area contributed by atoms with Crippen molar-refractivity contribution in [3.63, 3.8) is 0 Å². The van der Waals surface area contributed by atoms with Gasteiger partial charge in [-0.15, -0.1) is 0 Å². The first-order valence-electron chi connectivity index (χ1n) is 8.72. The zero-order valence-corrected chi connectivity index (χ0v) is 16.1. The molecule has 4 N–H and O–H groups in total. The fourth-order valence-corrected chi connectivity index (χ4v) is 1.45. The summed E-state index contributed by atoms with van der Waals surface area (Å²) in [6.45, 7) is 8.34. The van der Waals surface area contributed by atoms with Crippen LogP contribution in [0.3, 0.4) is 0 Å². The van der Waals surface area contributed by atoms with Crippen LogP contribution in [-0.2, 0) is 23.8 Å². The number of aliphatic carboxylic acids is 2. The van der Waals surface area contributed by atoms with Crippen LogP contribution in [0, 0.1) is 0 Å². The molecule has 0 aromatic carbocycles. The first-order valence-corrected chi connectivity index (χ1v) is 8.72. The highest BCUT2D eigenvalue weighted by atomic mass is 16.5. The second kappa shape index (κ2) is 17.2. The van der Waals surface area contributed by atoms with E-state index in [9.17, 15) is 9.59 Å². The van der Waals surface area contributed by atoms with Crippen molar-refractivity contribution >= 4 is 11.9 Å². The summed E-state index contributed by atoms with van der Waals surface area (Å²) in [5, 5.41) is 34.5. The largest absolute Gasteiger partial charge is 0.481 e. The molecule has 0 amide bonds. The normalized spacial score (nSPS) is 15.3. The lowest BCUT2D eigenvalue weighted by atomic mass is 10.2. The van der Waals surface area contributed by atoms with Crippen LogP contribution in [0.2, 0.25) is 0 Å². The first kappa shape index (κ1) is 27.0. The quantitative estimate of drug-likeness (QED) is 0.322. The van der Waals surface area contributed by atoms with Crippen LogP contribution in [0.15, 0.2) is 0 Å². The zero-order valence-electron chi connectivity index (χ0n) is 16.1. The van der Waals surface area contributed by atoms with Crippen LogP contribution in [0.1, 0.15) is 47.0 Å². The number of rotatable bonds is 14. The first-order chi connectivity index (χ1) is 12.1. The van der Waals surface area contributed by atoms with Crippen LogP contribution < -0.4 is 0 Å². The number of hydrogen-bond acceptors (Lipinski definition) is 7. The molecule has 0 heterocycles. The van der Waals surface area contributed by atoms with E-state index < -0.39 is 30.6 Å². The topological polar surface area (TPSA) is 143 Å². The van der Waals surface area contributed by atoms with E-state index in [1.54, 1.807) is 13.8 Å². The zero-order chi connectivity index (χ0) is 20.5. The van der Waals surface area contributed by atoms with E-state index in [1.165, 1.54) is 0 Å². The van der Waals surface area contributed by atoms with Gasteiger partial charge in [-0.1, -0.05) is 13.3 Å². The maximum Gasteiger partial charge on any atom is 0.333 e. The van der Waals surface area contributed by atoms with Crippen molar-refractivity contribution in [1.29, 1.82) is 0 Å². The summed E-state index contributed by atoms with van der Waals surface area (Å²) in [5.41, 5.74) is 0. The molecule has 0 bridgehead atoms. The van der Waals surface area contributed by atoms with Gasteiger partial charge >= 0.3 is 11.9 Å². The highest BCUT2D eigenvalue weighted by molar-refractivity contribution is 5.79. The second-order valence-corrected chi connectivity index (χ2v) is 5.97. The monoisotopic (exact) mass is 382 g/mol. The van der Waals surface area contributed by atoms with E-state index in [1.807, 2.05) is 13.8 Å². The van der Waals surface area contributed by atoms with Crippen molar-refractivity contribution in [2.45, 2.75) is 71.4 Å². The van der Waals surface area contributed by atoms with E-state index in [0.29, 0.717) is 19.8 Å².